The van der Waals surface area contributed by atoms with Crippen LogP contribution in [0.25, 0.3) is 0 Å². The highest BCUT2D eigenvalue weighted by atomic mass is 16.6. The first kappa shape index (κ1) is 12.7. The van der Waals surface area contributed by atoms with E-state index in [-0.39, 0.29) is 24.1 Å². The molecule has 0 bridgehead atoms. The van der Waals surface area contributed by atoms with E-state index in [9.17, 15) is 4.79 Å². The van der Waals surface area contributed by atoms with Gasteiger partial charge in [-0.05, 0) is 37.3 Å². The van der Waals surface area contributed by atoms with Gasteiger partial charge in [0.25, 0.3) is 0 Å². The van der Waals surface area contributed by atoms with Crippen LogP contribution in [0.5, 0.6) is 0 Å². The zero-order valence-electron chi connectivity index (χ0n) is 11.3. The summed E-state index contributed by atoms with van der Waals surface area (Å²) >= 11 is 0. The van der Waals surface area contributed by atoms with Crippen LogP contribution in [0.4, 0.5) is 0 Å². The average Bonchev–Trinajstić information content (AvgIpc) is 3.18. The smallest absolute Gasteiger partial charge is 0.311 e. The predicted octanol–water partition coefficient (Wildman–Crippen LogP) is 2.51. The average molecular weight is 260 g/mol. The number of hydrogen-bond acceptors (Lipinski definition) is 3. The zero-order chi connectivity index (χ0) is 13.2. The first-order valence-corrected chi connectivity index (χ1v) is 7.16. The van der Waals surface area contributed by atoms with Crippen molar-refractivity contribution in [2.45, 2.75) is 44.8 Å². The summed E-state index contributed by atoms with van der Waals surface area (Å²) in [5.41, 5.74) is 2.72. The van der Waals surface area contributed by atoms with E-state index in [4.69, 9.17) is 9.47 Å². The number of carbonyl (C=O) groups excluding carboxylic acids is 1. The Hall–Kier alpha value is -1.35. The van der Waals surface area contributed by atoms with Gasteiger partial charge in [-0.2, -0.15) is 0 Å². The summed E-state index contributed by atoms with van der Waals surface area (Å²) in [5, 5.41) is 0. The molecule has 2 aliphatic carbocycles. The van der Waals surface area contributed by atoms with Crippen LogP contribution in [0.15, 0.2) is 24.3 Å². The van der Waals surface area contributed by atoms with Gasteiger partial charge in [0.15, 0.2) is 0 Å². The van der Waals surface area contributed by atoms with Crippen LogP contribution in [0.2, 0.25) is 0 Å². The Bertz CT molecular complexity index is 469. The van der Waals surface area contributed by atoms with Gasteiger partial charge >= 0.3 is 5.97 Å². The number of aryl methyl sites for hydroxylation is 1. The third kappa shape index (κ3) is 2.81. The molecule has 0 aliphatic heterocycles. The van der Waals surface area contributed by atoms with E-state index >= 15 is 0 Å². The maximum absolute atomic E-state index is 12.0. The fraction of sp³-hybridized carbons (Fsp3) is 0.562. The Balaban J connectivity index is 1.54. The minimum atomic E-state index is -0.0668. The predicted molar refractivity (Wildman–Crippen MR) is 71.9 cm³/mol. The van der Waals surface area contributed by atoms with Crippen LogP contribution in [0, 0.1) is 5.92 Å². The molecule has 0 aromatic heterocycles. The quantitative estimate of drug-likeness (QED) is 0.780. The monoisotopic (exact) mass is 260 g/mol. The number of esters is 1. The molecule has 102 valence electrons. The summed E-state index contributed by atoms with van der Waals surface area (Å²) in [6.45, 7) is 2.63. The molecule has 0 N–H and O–H groups in total. The molecule has 1 fully saturated rings. The standard InChI is InChI=1S/C16H20O3/c1-2-18-15-10-14(15)16(17)19-13-8-7-11-5-3-4-6-12(11)9-13/h3-6,13-15H,2,7-10H2,1H3. The fourth-order valence-corrected chi connectivity index (χ4v) is 2.83. The van der Waals surface area contributed by atoms with Crippen molar-refractivity contribution in [1.29, 1.82) is 0 Å². The van der Waals surface area contributed by atoms with Gasteiger partial charge in [0.1, 0.15) is 6.10 Å². The number of benzene rings is 1. The maximum Gasteiger partial charge on any atom is 0.311 e. The Morgan fingerprint density at radius 1 is 1.32 bits per heavy atom. The second-order valence-corrected chi connectivity index (χ2v) is 5.41. The minimum Gasteiger partial charge on any atom is -0.462 e. The highest BCUT2D eigenvalue weighted by Gasteiger charge is 2.46. The summed E-state index contributed by atoms with van der Waals surface area (Å²) in [6.07, 6.45) is 3.78. The molecule has 0 amide bonds. The zero-order valence-corrected chi connectivity index (χ0v) is 11.3. The van der Waals surface area contributed by atoms with Gasteiger partial charge in [0.05, 0.1) is 12.0 Å². The van der Waals surface area contributed by atoms with Crippen LogP contribution in [-0.2, 0) is 27.1 Å². The van der Waals surface area contributed by atoms with Crippen LogP contribution in [0.3, 0.4) is 0 Å². The van der Waals surface area contributed by atoms with Crippen molar-refractivity contribution < 1.29 is 14.3 Å². The van der Waals surface area contributed by atoms with E-state index in [1.165, 1.54) is 11.1 Å². The molecule has 3 rings (SSSR count). The molecular formula is C16H20O3. The molecule has 0 heterocycles. The first-order chi connectivity index (χ1) is 9.28. The number of rotatable bonds is 4. The van der Waals surface area contributed by atoms with Gasteiger partial charge in [0, 0.05) is 13.0 Å². The molecule has 0 spiro atoms. The Labute approximate surface area is 113 Å². The van der Waals surface area contributed by atoms with Crippen LogP contribution < -0.4 is 0 Å². The molecule has 3 heteroatoms. The number of hydrogen-bond donors (Lipinski definition) is 0. The van der Waals surface area contributed by atoms with Crippen molar-refractivity contribution in [3.8, 4) is 0 Å². The molecule has 3 nitrogen and oxygen atoms in total. The largest absolute Gasteiger partial charge is 0.462 e. The number of carbonyl (C=O) groups is 1. The fourth-order valence-electron chi connectivity index (χ4n) is 2.83. The van der Waals surface area contributed by atoms with Crippen molar-refractivity contribution >= 4 is 5.97 Å². The molecule has 3 atom stereocenters. The second-order valence-electron chi connectivity index (χ2n) is 5.41. The third-order valence-electron chi connectivity index (χ3n) is 4.00. The molecule has 0 radical (unpaired) electrons. The van der Waals surface area contributed by atoms with Gasteiger partial charge in [-0.25, -0.2) is 0 Å². The van der Waals surface area contributed by atoms with Crippen molar-refractivity contribution in [3.63, 3.8) is 0 Å². The summed E-state index contributed by atoms with van der Waals surface area (Å²) in [7, 11) is 0. The van der Waals surface area contributed by atoms with Crippen LogP contribution in [-0.4, -0.2) is 24.8 Å². The van der Waals surface area contributed by atoms with Gasteiger partial charge < -0.3 is 9.47 Å². The normalized spacial score (nSPS) is 28.6. The number of ether oxygens (including phenoxy) is 2. The lowest BCUT2D eigenvalue weighted by Gasteiger charge is -2.24. The van der Waals surface area contributed by atoms with E-state index in [1.54, 1.807) is 0 Å². The van der Waals surface area contributed by atoms with E-state index in [2.05, 4.69) is 24.3 Å². The summed E-state index contributed by atoms with van der Waals surface area (Å²) in [6, 6.07) is 8.42. The van der Waals surface area contributed by atoms with E-state index in [1.807, 2.05) is 6.92 Å². The molecule has 1 saturated carbocycles. The Morgan fingerprint density at radius 2 is 2.11 bits per heavy atom. The third-order valence-corrected chi connectivity index (χ3v) is 4.00. The van der Waals surface area contributed by atoms with Crippen LogP contribution in [0.1, 0.15) is 30.9 Å². The summed E-state index contributed by atoms with van der Waals surface area (Å²) in [5.74, 6) is -0.0834. The van der Waals surface area contributed by atoms with Crippen LogP contribution >= 0.6 is 0 Å². The minimum absolute atomic E-state index is 0.0166. The van der Waals surface area contributed by atoms with E-state index in [0.717, 1.165) is 25.7 Å². The maximum atomic E-state index is 12.0. The lowest BCUT2D eigenvalue weighted by molar-refractivity contribution is -0.152. The van der Waals surface area contributed by atoms with Crippen molar-refractivity contribution in [1.82, 2.24) is 0 Å². The van der Waals surface area contributed by atoms with Crippen molar-refractivity contribution in [3.05, 3.63) is 35.4 Å². The molecule has 19 heavy (non-hydrogen) atoms. The highest BCUT2D eigenvalue weighted by molar-refractivity contribution is 5.76. The SMILES string of the molecule is CCOC1CC1C(=O)OC1CCc2ccccc2C1. The summed E-state index contributed by atoms with van der Waals surface area (Å²) in [4.78, 5) is 12.0. The van der Waals surface area contributed by atoms with Crippen molar-refractivity contribution in [2.75, 3.05) is 6.61 Å². The van der Waals surface area contributed by atoms with Gasteiger partial charge in [-0.1, -0.05) is 24.3 Å². The second kappa shape index (κ2) is 5.33. The van der Waals surface area contributed by atoms with E-state index in [0.29, 0.717) is 6.61 Å². The molecule has 2 aliphatic rings. The molecule has 3 unspecified atom stereocenters. The van der Waals surface area contributed by atoms with E-state index < -0.39 is 0 Å². The first-order valence-electron chi connectivity index (χ1n) is 7.16. The topological polar surface area (TPSA) is 35.5 Å². The molecule has 0 saturated heterocycles. The molecular weight excluding hydrogens is 240 g/mol. The lowest BCUT2D eigenvalue weighted by Crippen LogP contribution is -2.26. The van der Waals surface area contributed by atoms with Gasteiger partial charge in [0.2, 0.25) is 0 Å². The molecule has 1 aromatic rings. The van der Waals surface area contributed by atoms with Gasteiger partial charge in [-0.3, -0.25) is 4.79 Å². The highest BCUT2D eigenvalue weighted by Crippen LogP contribution is 2.36. The van der Waals surface area contributed by atoms with Crippen molar-refractivity contribution in [2.24, 2.45) is 5.92 Å². The lowest BCUT2D eigenvalue weighted by atomic mass is 9.90. The summed E-state index contributed by atoms with van der Waals surface area (Å²) < 4.78 is 11.1. The Kier molecular flexibility index (Phi) is 3.56. The Morgan fingerprint density at radius 3 is 2.89 bits per heavy atom. The molecule has 1 aromatic carbocycles. The van der Waals surface area contributed by atoms with Gasteiger partial charge in [-0.15, -0.1) is 0 Å². The number of fused-ring (bicyclic) bond motifs is 1.